The lowest BCUT2D eigenvalue weighted by molar-refractivity contribution is 0.353. The van der Waals surface area contributed by atoms with E-state index in [1.54, 1.807) is 5.01 Å². The summed E-state index contributed by atoms with van der Waals surface area (Å²) in [6.45, 7) is 0. The van der Waals surface area contributed by atoms with E-state index in [-0.39, 0.29) is 0 Å². The molecule has 0 aromatic heterocycles. The van der Waals surface area contributed by atoms with E-state index in [1.807, 2.05) is 50.4 Å². The van der Waals surface area contributed by atoms with Crippen molar-refractivity contribution in [2.75, 3.05) is 14.1 Å². The number of benzene rings is 1. The average Bonchev–Trinajstić information content (AvgIpc) is 2.15. The second-order valence-corrected chi connectivity index (χ2v) is 2.85. The molecule has 0 spiro atoms. The van der Waals surface area contributed by atoms with Crippen LogP contribution in [0.3, 0.4) is 0 Å². The molecule has 0 amide bonds. The largest absolute Gasteiger partial charge is 0.309 e. The normalized spacial score (nSPS) is 9.46. The number of rotatable bonds is 3. The van der Waals surface area contributed by atoms with E-state index in [0.717, 1.165) is 5.56 Å². The highest BCUT2D eigenvalue weighted by Crippen LogP contribution is 2.06. The first-order valence-electron chi connectivity index (χ1n) is 3.98. The summed E-state index contributed by atoms with van der Waals surface area (Å²) in [7, 11) is 3.64. The molecule has 0 saturated carbocycles. The molecule has 3 heteroatoms. The van der Waals surface area contributed by atoms with Crippen LogP contribution >= 0.6 is 0 Å². The van der Waals surface area contributed by atoms with Gasteiger partial charge in [0.15, 0.2) is 5.94 Å². The van der Waals surface area contributed by atoms with Crippen LogP contribution in [0.2, 0.25) is 0 Å². The van der Waals surface area contributed by atoms with Gasteiger partial charge < -0.3 is 5.43 Å². The van der Waals surface area contributed by atoms with Crippen LogP contribution in [0.4, 0.5) is 0 Å². The molecule has 0 bridgehead atoms. The van der Waals surface area contributed by atoms with Crippen molar-refractivity contribution >= 4 is 11.6 Å². The number of hydrazine groups is 1. The quantitative estimate of drug-likeness (QED) is 0.549. The first-order chi connectivity index (χ1) is 6.24. The molecule has 0 aliphatic carbocycles. The standard InChI is InChI=1S/C10H12N2O/c1-12(2)11-10(8-13)9-6-4-3-5-7-9/h3-7,11H,1-2H3. The molecule has 0 radical (unpaired) electrons. The Morgan fingerprint density at radius 3 is 2.38 bits per heavy atom. The third-order valence-corrected chi connectivity index (χ3v) is 1.50. The molecule has 0 unspecified atom stereocenters. The van der Waals surface area contributed by atoms with E-state index in [9.17, 15) is 4.79 Å². The number of carbonyl (C=O) groups excluding carboxylic acids is 1. The van der Waals surface area contributed by atoms with E-state index in [4.69, 9.17) is 0 Å². The summed E-state index contributed by atoms with van der Waals surface area (Å²) in [5.74, 6) is 1.86. The Morgan fingerprint density at radius 2 is 1.92 bits per heavy atom. The summed E-state index contributed by atoms with van der Waals surface area (Å²) in [5.41, 5.74) is 4.16. The van der Waals surface area contributed by atoms with Crippen molar-refractivity contribution in [2.45, 2.75) is 0 Å². The molecule has 0 fully saturated rings. The summed E-state index contributed by atoms with van der Waals surface area (Å²) >= 11 is 0. The predicted octanol–water partition coefficient (Wildman–Crippen LogP) is 0.925. The number of hydrogen-bond donors (Lipinski definition) is 1. The van der Waals surface area contributed by atoms with Gasteiger partial charge in [-0.05, 0) is 0 Å². The fraction of sp³-hybridized carbons (Fsp3) is 0.200. The average molecular weight is 176 g/mol. The zero-order chi connectivity index (χ0) is 9.68. The van der Waals surface area contributed by atoms with Gasteiger partial charge in [0.1, 0.15) is 5.70 Å². The van der Waals surface area contributed by atoms with Crippen molar-refractivity contribution in [3.8, 4) is 0 Å². The lowest BCUT2D eigenvalue weighted by Crippen LogP contribution is -2.29. The number of nitrogens with one attached hydrogen (secondary N) is 1. The summed E-state index contributed by atoms with van der Waals surface area (Å²) in [4.78, 5) is 10.6. The molecule has 0 aliphatic heterocycles. The fourth-order valence-corrected chi connectivity index (χ4v) is 0.975. The minimum atomic E-state index is 0.450. The van der Waals surface area contributed by atoms with Crippen molar-refractivity contribution in [1.82, 2.24) is 10.4 Å². The second kappa shape index (κ2) is 4.45. The van der Waals surface area contributed by atoms with Crippen molar-refractivity contribution < 1.29 is 4.79 Å². The molecule has 13 heavy (non-hydrogen) atoms. The molecule has 0 heterocycles. The van der Waals surface area contributed by atoms with Gasteiger partial charge in [-0.15, -0.1) is 0 Å². The molecule has 1 aromatic carbocycles. The summed E-state index contributed by atoms with van der Waals surface area (Å²) < 4.78 is 0. The molecule has 3 nitrogen and oxygen atoms in total. The van der Waals surface area contributed by atoms with Crippen LogP contribution in [0, 0.1) is 0 Å². The van der Waals surface area contributed by atoms with E-state index in [1.165, 1.54) is 0 Å². The van der Waals surface area contributed by atoms with Gasteiger partial charge in [-0.25, -0.2) is 9.80 Å². The molecule has 1 N–H and O–H groups in total. The minimum Gasteiger partial charge on any atom is -0.309 e. The second-order valence-electron chi connectivity index (χ2n) is 2.85. The molecule has 1 aromatic rings. The maximum Gasteiger partial charge on any atom is 0.152 e. The van der Waals surface area contributed by atoms with Gasteiger partial charge in [-0.2, -0.15) is 0 Å². The summed E-state index contributed by atoms with van der Waals surface area (Å²) in [5, 5.41) is 1.70. The molecule has 0 saturated heterocycles. The molecule has 68 valence electrons. The lowest BCUT2D eigenvalue weighted by atomic mass is 10.2. The van der Waals surface area contributed by atoms with Gasteiger partial charge in [0, 0.05) is 19.7 Å². The zero-order valence-corrected chi connectivity index (χ0v) is 7.74. The zero-order valence-electron chi connectivity index (χ0n) is 7.74. The highest BCUT2D eigenvalue weighted by Gasteiger charge is 2.00. The topological polar surface area (TPSA) is 32.3 Å². The van der Waals surface area contributed by atoms with Crippen LogP contribution in [-0.4, -0.2) is 25.0 Å². The van der Waals surface area contributed by atoms with Gasteiger partial charge in [-0.1, -0.05) is 30.3 Å². The summed E-state index contributed by atoms with van der Waals surface area (Å²) in [6.07, 6.45) is 0. The van der Waals surface area contributed by atoms with Gasteiger partial charge in [0.05, 0.1) is 0 Å². The Balaban J connectivity index is 2.87. The maximum atomic E-state index is 10.6. The van der Waals surface area contributed by atoms with Gasteiger partial charge in [0.2, 0.25) is 0 Å². The van der Waals surface area contributed by atoms with Crippen LogP contribution in [0.5, 0.6) is 0 Å². The van der Waals surface area contributed by atoms with E-state index < -0.39 is 0 Å². The van der Waals surface area contributed by atoms with Gasteiger partial charge in [-0.3, -0.25) is 0 Å². The molecule has 1 rings (SSSR count). The van der Waals surface area contributed by atoms with Crippen molar-refractivity contribution in [2.24, 2.45) is 0 Å². The highest BCUT2D eigenvalue weighted by molar-refractivity contribution is 5.85. The Labute approximate surface area is 77.6 Å². The van der Waals surface area contributed by atoms with Crippen LogP contribution in [0.1, 0.15) is 5.56 Å². The number of hydrogen-bond acceptors (Lipinski definition) is 3. The Bertz CT molecular complexity index is 313. The third kappa shape index (κ3) is 2.75. The monoisotopic (exact) mass is 176 g/mol. The Morgan fingerprint density at radius 1 is 1.31 bits per heavy atom. The first-order valence-corrected chi connectivity index (χ1v) is 3.98. The molecule has 0 atom stereocenters. The molecular formula is C10H12N2O. The third-order valence-electron chi connectivity index (χ3n) is 1.50. The van der Waals surface area contributed by atoms with Gasteiger partial charge in [0.25, 0.3) is 0 Å². The highest BCUT2D eigenvalue weighted by atomic mass is 16.1. The molecular weight excluding hydrogens is 164 g/mol. The first kappa shape index (κ1) is 9.52. The summed E-state index contributed by atoms with van der Waals surface area (Å²) in [6, 6.07) is 9.38. The SMILES string of the molecule is CN(C)NC(=C=O)c1ccccc1. The van der Waals surface area contributed by atoms with Gasteiger partial charge >= 0.3 is 0 Å². The van der Waals surface area contributed by atoms with Crippen LogP contribution < -0.4 is 5.43 Å². The van der Waals surface area contributed by atoms with Crippen LogP contribution in [-0.2, 0) is 4.79 Å². The van der Waals surface area contributed by atoms with Crippen molar-refractivity contribution in [3.63, 3.8) is 0 Å². The predicted molar refractivity (Wildman–Crippen MR) is 52.4 cm³/mol. The van der Waals surface area contributed by atoms with E-state index in [2.05, 4.69) is 5.43 Å². The minimum absolute atomic E-state index is 0.450. The van der Waals surface area contributed by atoms with Crippen molar-refractivity contribution in [3.05, 3.63) is 35.9 Å². The van der Waals surface area contributed by atoms with Crippen LogP contribution in [0.25, 0.3) is 5.70 Å². The van der Waals surface area contributed by atoms with Crippen molar-refractivity contribution in [1.29, 1.82) is 0 Å². The fourth-order valence-electron chi connectivity index (χ4n) is 0.975. The lowest BCUT2D eigenvalue weighted by Gasteiger charge is -2.13. The maximum absolute atomic E-state index is 10.6. The smallest absolute Gasteiger partial charge is 0.152 e. The number of nitrogens with zero attached hydrogens (tertiary/aromatic N) is 1. The Kier molecular flexibility index (Phi) is 3.26. The Hall–Kier alpha value is -1.57. The van der Waals surface area contributed by atoms with E-state index in [0.29, 0.717) is 5.70 Å². The molecule has 0 aliphatic rings. The van der Waals surface area contributed by atoms with E-state index >= 15 is 0 Å². The van der Waals surface area contributed by atoms with Crippen LogP contribution in [0.15, 0.2) is 30.3 Å².